The van der Waals surface area contributed by atoms with Crippen molar-refractivity contribution in [3.8, 4) is 0 Å². The Kier molecular flexibility index (Phi) is 3.95. The summed E-state index contributed by atoms with van der Waals surface area (Å²) in [5, 5.41) is 6.07. The third-order valence-electron chi connectivity index (χ3n) is 4.00. The Morgan fingerprint density at radius 2 is 1.90 bits per heavy atom. The second-order valence-electron chi connectivity index (χ2n) is 6.89. The summed E-state index contributed by atoms with van der Waals surface area (Å²) in [5.74, 6) is -0.538. The number of carbonyl (C=O) groups is 2. The Labute approximate surface area is 119 Å². The Morgan fingerprint density at radius 3 is 2.35 bits per heavy atom. The second-order valence-corrected chi connectivity index (χ2v) is 6.89. The van der Waals surface area contributed by atoms with Gasteiger partial charge in [0, 0.05) is 19.1 Å². The maximum absolute atomic E-state index is 11.9. The Balaban J connectivity index is 2.00. The average Bonchev–Trinajstić information content (AvgIpc) is 2.65. The molecule has 6 nitrogen and oxygen atoms in total. The highest BCUT2D eigenvalue weighted by molar-refractivity contribution is 5.76. The smallest absolute Gasteiger partial charge is 0.407 e. The molecule has 0 aromatic rings. The standard InChI is InChI=1S/C14H24N2O4/c1-13(2,3)20-12(18)16-10-6-14(7-15-8-14)5-9(10)11(17)19-4/h9-10,15H,5-8H2,1-4H3,(H,16,18). The highest BCUT2D eigenvalue weighted by Crippen LogP contribution is 2.45. The zero-order valence-electron chi connectivity index (χ0n) is 12.6. The molecule has 2 N–H and O–H groups in total. The summed E-state index contributed by atoms with van der Waals surface area (Å²) in [6.07, 6.45) is 1.08. The Hall–Kier alpha value is -1.30. The quantitative estimate of drug-likeness (QED) is 0.741. The SMILES string of the molecule is COC(=O)C1CC2(CNC2)CC1NC(=O)OC(C)(C)C. The topological polar surface area (TPSA) is 76.7 Å². The summed E-state index contributed by atoms with van der Waals surface area (Å²) in [7, 11) is 1.39. The van der Waals surface area contributed by atoms with Crippen LogP contribution in [0.1, 0.15) is 33.6 Å². The number of amides is 1. The molecule has 1 saturated carbocycles. The minimum absolute atomic E-state index is 0.124. The molecule has 114 valence electrons. The minimum atomic E-state index is -0.542. The zero-order chi connectivity index (χ0) is 15.0. The molecule has 1 aliphatic heterocycles. The summed E-state index contributed by atoms with van der Waals surface area (Å²) in [6, 6.07) is -0.209. The summed E-state index contributed by atoms with van der Waals surface area (Å²) in [4.78, 5) is 23.8. The van der Waals surface area contributed by atoms with Gasteiger partial charge < -0.3 is 20.1 Å². The molecule has 2 atom stereocenters. The van der Waals surface area contributed by atoms with E-state index in [4.69, 9.17) is 9.47 Å². The molecule has 20 heavy (non-hydrogen) atoms. The van der Waals surface area contributed by atoms with Gasteiger partial charge in [-0.25, -0.2) is 4.79 Å². The van der Waals surface area contributed by atoms with Gasteiger partial charge in [0.25, 0.3) is 0 Å². The maximum atomic E-state index is 11.9. The molecule has 1 spiro atoms. The summed E-state index contributed by atoms with van der Waals surface area (Å²) in [6.45, 7) is 7.24. The van der Waals surface area contributed by atoms with Crippen LogP contribution in [-0.4, -0.2) is 43.9 Å². The molecule has 1 saturated heterocycles. The highest BCUT2D eigenvalue weighted by Gasteiger charge is 2.52. The fourth-order valence-electron chi connectivity index (χ4n) is 3.08. The lowest BCUT2D eigenvalue weighted by molar-refractivity contribution is -0.146. The van der Waals surface area contributed by atoms with E-state index >= 15 is 0 Å². The van der Waals surface area contributed by atoms with Gasteiger partial charge in [-0.3, -0.25) is 4.79 Å². The number of nitrogens with one attached hydrogen (secondary N) is 2. The van der Waals surface area contributed by atoms with Crippen LogP contribution in [-0.2, 0) is 14.3 Å². The lowest BCUT2D eigenvalue weighted by Gasteiger charge is -2.39. The van der Waals surface area contributed by atoms with Gasteiger partial charge >= 0.3 is 12.1 Å². The van der Waals surface area contributed by atoms with E-state index in [0.717, 1.165) is 25.9 Å². The summed E-state index contributed by atoms with van der Waals surface area (Å²) < 4.78 is 10.1. The van der Waals surface area contributed by atoms with Crippen LogP contribution in [0.4, 0.5) is 4.79 Å². The number of rotatable bonds is 2. The van der Waals surface area contributed by atoms with E-state index in [-0.39, 0.29) is 23.3 Å². The van der Waals surface area contributed by atoms with Crippen LogP contribution in [0.15, 0.2) is 0 Å². The van der Waals surface area contributed by atoms with Crippen LogP contribution in [0.3, 0.4) is 0 Å². The fraction of sp³-hybridized carbons (Fsp3) is 0.857. The van der Waals surface area contributed by atoms with Crippen LogP contribution >= 0.6 is 0 Å². The van der Waals surface area contributed by atoms with Gasteiger partial charge in [0.2, 0.25) is 0 Å². The van der Waals surface area contributed by atoms with E-state index in [0.29, 0.717) is 0 Å². The Bertz CT molecular complexity index is 398. The van der Waals surface area contributed by atoms with Crippen molar-refractivity contribution in [1.29, 1.82) is 0 Å². The first-order valence-electron chi connectivity index (χ1n) is 7.03. The zero-order valence-corrected chi connectivity index (χ0v) is 12.6. The molecule has 6 heteroatoms. The van der Waals surface area contributed by atoms with Crippen LogP contribution in [0.2, 0.25) is 0 Å². The lowest BCUT2D eigenvalue weighted by Crippen LogP contribution is -2.52. The van der Waals surface area contributed by atoms with Gasteiger partial charge in [0.15, 0.2) is 0 Å². The van der Waals surface area contributed by atoms with E-state index in [1.54, 1.807) is 0 Å². The number of carbonyl (C=O) groups excluding carboxylic acids is 2. The molecule has 1 amide bonds. The van der Waals surface area contributed by atoms with Crippen molar-refractivity contribution in [2.75, 3.05) is 20.2 Å². The van der Waals surface area contributed by atoms with Crippen molar-refractivity contribution in [3.63, 3.8) is 0 Å². The van der Waals surface area contributed by atoms with Gasteiger partial charge in [-0.2, -0.15) is 0 Å². The van der Waals surface area contributed by atoms with Crippen molar-refractivity contribution in [2.45, 2.75) is 45.3 Å². The van der Waals surface area contributed by atoms with Crippen molar-refractivity contribution in [2.24, 2.45) is 11.3 Å². The van der Waals surface area contributed by atoms with Crippen molar-refractivity contribution in [3.05, 3.63) is 0 Å². The molecule has 1 aliphatic carbocycles. The first-order chi connectivity index (χ1) is 9.25. The molecular formula is C14H24N2O4. The predicted octanol–water partition coefficient (Wildman–Crippen LogP) is 1.05. The molecule has 0 radical (unpaired) electrons. The van der Waals surface area contributed by atoms with Crippen molar-refractivity contribution in [1.82, 2.24) is 10.6 Å². The molecule has 2 fully saturated rings. The Morgan fingerprint density at radius 1 is 1.25 bits per heavy atom. The predicted molar refractivity (Wildman–Crippen MR) is 73.2 cm³/mol. The third kappa shape index (κ3) is 3.23. The molecule has 0 aromatic heterocycles. The number of esters is 1. The van der Waals surface area contributed by atoms with Crippen molar-refractivity contribution < 1.29 is 19.1 Å². The number of alkyl carbamates (subject to hydrolysis) is 1. The molecule has 2 rings (SSSR count). The summed E-state index contributed by atoms with van der Waals surface area (Å²) >= 11 is 0. The minimum Gasteiger partial charge on any atom is -0.469 e. The molecule has 0 bridgehead atoms. The van der Waals surface area contributed by atoms with Crippen LogP contribution in [0.5, 0.6) is 0 Å². The lowest BCUT2D eigenvalue weighted by atomic mass is 9.79. The molecule has 1 heterocycles. The van der Waals surface area contributed by atoms with E-state index in [9.17, 15) is 9.59 Å². The van der Waals surface area contributed by atoms with E-state index < -0.39 is 11.7 Å². The fourth-order valence-corrected chi connectivity index (χ4v) is 3.08. The van der Waals surface area contributed by atoms with Crippen LogP contribution in [0, 0.1) is 11.3 Å². The third-order valence-corrected chi connectivity index (χ3v) is 4.00. The number of methoxy groups -OCH3 is 1. The van der Waals surface area contributed by atoms with Gasteiger partial charge in [-0.1, -0.05) is 0 Å². The molecule has 2 aliphatic rings. The average molecular weight is 284 g/mol. The monoisotopic (exact) mass is 284 g/mol. The maximum Gasteiger partial charge on any atom is 0.407 e. The normalized spacial score (nSPS) is 27.8. The number of ether oxygens (including phenoxy) is 2. The van der Waals surface area contributed by atoms with Gasteiger partial charge in [0.1, 0.15) is 5.60 Å². The molecule has 0 aromatic carbocycles. The van der Waals surface area contributed by atoms with E-state index in [1.165, 1.54) is 7.11 Å². The largest absolute Gasteiger partial charge is 0.469 e. The first kappa shape index (κ1) is 15.1. The van der Waals surface area contributed by atoms with E-state index in [1.807, 2.05) is 20.8 Å². The highest BCUT2D eigenvalue weighted by atomic mass is 16.6. The van der Waals surface area contributed by atoms with Crippen LogP contribution in [0.25, 0.3) is 0 Å². The summed E-state index contributed by atoms with van der Waals surface area (Å²) in [5.41, 5.74) is -0.419. The van der Waals surface area contributed by atoms with Gasteiger partial charge in [0.05, 0.1) is 13.0 Å². The number of hydrogen-bond acceptors (Lipinski definition) is 5. The van der Waals surface area contributed by atoms with Gasteiger partial charge in [-0.05, 0) is 39.0 Å². The molecular weight excluding hydrogens is 260 g/mol. The first-order valence-corrected chi connectivity index (χ1v) is 7.03. The van der Waals surface area contributed by atoms with E-state index in [2.05, 4.69) is 10.6 Å². The van der Waals surface area contributed by atoms with Gasteiger partial charge in [-0.15, -0.1) is 0 Å². The number of hydrogen-bond donors (Lipinski definition) is 2. The van der Waals surface area contributed by atoms with Crippen molar-refractivity contribution >= 4 is 12.1 Å². The van der Waals surface area contributed by atoms with Crippen LogP contribution < -0.4 is 10.6 Å². The second kappa shape index (κ2) is 5.24. The molecule has 2 unspecified atom stereocenters.